The van der Waals surface area contributed by atoms with Gasteiger partial charge in [0.25, 0.3) is 5.91 Å². The molecule has 0 fully saturated rings. The highest BCUT2D eigenvalue weighted by Gasteiger charge is 2.35. The molecule has 1 aromatic heterocycles. The van der Waals surface area contributed by atoms with Crippen LogP contribution in [0.2, 0.25) is 0 Å². The molecule has 6 heteroatoms. The average molecular weight is 372 g/mol. The summed E-state index contributed by atoms with van der Waals surface area (Å²) in [5, 5.41) is 12.6. The fourth-order valence-electron chi connectivity index (χ4n) is 2.80. The van der Waals surface area contributed by atoms with Crippen LogP contribution in [-0.2, 0) is 0 Å². The summed E-state index contributed by atoms with van der Waals surface area (Å²) in [4.78, 5) is 25.0. The van der Waals surface area contributed by atoms with Crippen molar-refractivity contribution < 1.29 is 14.3 Å². The van der Waals surface area contributed by atoms with Crippen molar-refractivity contribution in [2.75, 3.05) is 0 Å². The first-order valence-corrected chi connectivity index (χ1v) is 7.70. The first-order chi connectivity index (χ1) is 11.0. The van der Waals surface area contributed by atoms with E-state index in [0.29, 0.717) is 22.1 Å². The second kappa shape index (κ2) is 4.96. The predicted molar refractivity (Wildman–Crippen MR) is 87.6 cm³/mol. The highest BCUT2D eigenvalue weighted by molar-refractivity contribution is 9.10. The maximum atomic E-state index is 12.8. The van der Waals surface area contributed by atoms with Gasteiger partial charge in [-0.3, -0.25) is 9.59 Å². The Bertz CT molecular complexity index is 1010. The highest BCUT2D eigenvalue weighted by atomic mass is 79.9. The zero-order valence-corrected chi connectivity index (χ0v) is 13.3. The van der Waals surface area contributed by atoms with Gasteiger partial charge in [-0.25, -0.2) is 0 Å². The molecule has 1 aliphatic heterocycles. The smallest absolute Gasteiger partial charge is 0.288 e. The maximum absolute atomic E-state index is 12.8. The Hall–Kier alpha value is -2.60. The number of phenolic OH excluding ortho intramolecular Hbond substituents is 1. The lowest BCUT2D eigenvalue weighted by molar-refractivity contribution is 0.0938. The molecule has 0 saturated carbocycles. The van der Waals surface area contributed by atoms with E-state index < -0.39 is 11.9 Å². The molecule has 2 heterocycles. The van der Waals surface area contributed by atoms with Crippen LogP contribution in [-0.4, -0.2) is 11.0 Å². The van der Waals surface area contributed by atoms with Gasteiger partial charge in [-0.1, -0.05) is 28.1 Å². The minimum atomic E-state index is -0.585. The number of carbonyl (C=O) groups is 1. The lowest BCUT2D eigenvalue weighted by Gasteiger charge is -2.11. The van der Waals surface area contributed by atoms with Gasteiger partial charge in [0.15, 0.2) is 5.43 Å². The van der Waals surface area contributed by atoms with Gasteiger partial charge in [0.05, 0.1) is 17.0 Å². The van der Waals surface area contributed by atoms with Crippen molar-refractivity contribution in [2.24, 2.45) is 0 Å². The Labute approximate surface area is 138 Å². The fraction of sp³-hybridized carbons (Fsp3) is 0.0588. The second-order valence-electron chi connectivity index (χ2n) is 5.31. The monoisotopic (exact) mass is 371 g/mol. The largest absolute Gasteiger partial charge is 0.508 e. The molecule has 0 radical (unpaired) electrons. The fourth-order valence-corrected chi connectivity index (χ4v) is 3.16. The predicted octanol–water partition coefficient (Wildman–Crippen LogP) is 3.09. The molecular weight excluding hydrogens is 362 g/mol. The van der Waals surface area contributed by atoms with Gasteiger partial charge in [-0.05, 0) is 35.9 Å². The van der Waals surface area contributed by atoms with Crippen molar-refractivity contribution in [3.05, 3.63) is 74.0 Å². The molecule has 2 aromatic carbocycles. The van der Waals surface area contributed by atoms with Crippen LogP contribution in [0.15, 0.2) is 56.1 Å². The molecule has 23 heavy (non-hydrogen) atoms. The molecule has 1 aliphatic rings. The summed E-state index contributed by atoms with van der Waals surface area (Å²) >= 11 is 3.34. The summed E-state index contributed by atoms with van der Waals surface area (Å²) in [6, 6.07) is 10.9. The molecule has 0 spiro atoms. The number of benzene rings is 2. The lowest BCUT2D eigenvalue weighted by Crippen LogP contribution is -2.21. The van der Waals surface area contributed by atoms with Crippen LogP contribution < -0.4 is 10.7 Å². The van der Waals surface area contributed by atoms with Crippen molar-refractivity contribution >= 4 is 32.8 Å². The summed E-state index contributed by atoms with van der Waals surface area (Å²) in [6.45, 7) is 0. The van der Waals surface area contributed by atoms with E-state index in [2.05, 4.69) is 21.2 Å². The molecule has 114 valence electrons. The van der Waals surface area contributed by atoms with E-state index in [0.717, 1.165) is 4.47 Å². The number of halogens is 1. The Kier molecular flexibility index (Phi) is 3.02. The van der Waals surface area contributed by atoms with E-state index in [1.165, 1.54) is 12.1 Å². The summed E-state index contributed by atoms with van der Waals surface area (Å²) in [5.41, 5.74) is 1.14. The standard InChI is InChI=1S/C17H10BrNO4/c18-9-3-6-12-11(7-9)15(21)13-14(19-17(22)16(13)23-12)8-1-4-10(20)5-2-8/h1-7,14,20H,(H,19,22). The number of phenols is 1. The quantitative estimate of drug-likeness (QED) is 0.688. The van der Waals surface area contributed by atoms with Crippen LogP contribution >= 0.6 is 15.9 Å². The van der Waals surface area contributed by atoms with E-state index in [1.807, 2.05) is 0 Å². The SMILES string of the molecule is O=C1NC(c2ccc(O)cc2)c2c1oc1ccc(Br)cc1c2=O. The number of fused-ring (bicyclic) bond motifs is 2. The number of carbonyl (C=O) groups excluding carboxylic acids is 1. The highest BCUT2D eigenvalue weighted by Crippen LogP contribution is 2.32. The van der Waals surface area contributed by atoms with Crippen LogP contribution in [0.3, 0.4) is 0 Å². The number of aromatic hydroxyl groups is 1. The van der Waals surface area contributed by atoms with Crippen LogP contribution in [0, 0.1) is 0 Å². The van der Waals surface area contributed by atoms with Crippen molar-refractivity contribution in [2.45, 2.75) is 6.04 Å². The van der Waals surface area contributed by atoms with Gasteiger partial charge in [0, 0.05) is 4.47 Å². The maximum Gasteiger partial charge on any atom is 0.288 e. The van der Waals surface area contributed by atoms with Crippen LogP contribution in [0.25, 0.3) is 11.0 Å². The molecule has 1 amide bonds. The average Bonchev–Trinajstić information content (AvgIpc) is 2.86. The van der Waals surface area contributed by atoms with Gasteiger partial charge in [0.2, 0.25) is 5.76 Å². The number of amides is 1. The lowest BCUT2D eigenvalue weighted by atomic mass is 9.99. The van der Waals surface area contributed by atoms with Crippen LogP contribution in [0.4, 0.5) is 0 Å². The molecule has 0 saturated heterocycles. The zero-order valence-electron chi connectivity index (χ0n) is 11.7. The summed E-state index contributed by atoms with van der Waals surface area (Å²) in [7, 11) is 0. The molecule has 2 N–H and O–H groups in total. The number of rotatable bonds is 1. The minimum absolute atomic E-state index is 0.0443. The third-order valence-electron chi connectivity index (χ3n) is 3.88. The Morgan fingerprint density at radius 1 is 1.09 bits per heavy atom. The van der Waals surface area contributed by atoms with Gasteiger partial charge in [-0.15, -0.1) is 0 Å². The van der Waals surface area contributed by atoms with Gasteiger partial charge < -0.3 is 14.8 Å². The first-order valence-electron chi connectivity index (χ1n) is 6.90. The molecule has 4 rings (SSSR count). The number of nitrogens with one attached hydrogen (secondary N) is 1. The molecular formula is C17H10BrNO4. The van der Waals surface area contributed by atoms with Crippen LogP contribution in [0.1, 0.15) is 27.7 Å². The number of hydrogen-bond acceptors (Lipinski definition) is 4. The van der Waals surface area contributed by atoms with Crippen LogP contribution in [0.5, 0.6) is 5.75 Å². The number of hydrogen-bond donors (Lipinski definition) is 2. The molecule has 5 nitrogen and oxygen atoms in total. The summed E-state index contributed by atoms with van der Waals surface area (Å²) < 4.78 is 6.41. The van der Waals surface area contributed by atoms with E-state index in [-0.39, 0.29) is 16.9 Å². The minimum Gasteiger partial charge on any atom is -0.508 e. The van der Waals surface area contributed by atoms with Gasteiger partial charge in [0.1, 0.15) is 11.3 Å². The zero-order chi connectivity index (χ0) is 16.1. The molecule has 3 aromatic rings. The van der Waals surface area contributed by atoms with Crippen molar-refractivity contribution in [3.8, 4) is 5.75 Å². The summed E-state index contributed by atoms with van der Waals surface area (Å²) in [6.07, 6.45) is 0. The third-order valence-corrected chi connectivity index (χ3v) is 4.38. The molecule has 0 bridgehead atoms. The second-order valence-corrected chi connectivity index (χ2v) is 6.23. The van der Waals surface area contributed by atoms with Crippen molar-refractivity contribution in [1.29, 1.82) is 0 Å². The van der Waals surface area contributed by atoms with Crippen molar-refractivity contribution in [3.63, 3.8) is 0 Å². The van der Waals surface area contributed by atoms with Crippen molar-refractivity contribution in [1.82, 2.24) is 5.32 Å². The topological polar surface area (TPSA) is 79.5 Å². The molecule has 0 aliphatic carbocycles. The first kappa shape index (κ1) is 14.0. The molecule has 1 atom stereocenters. The van der Waals surface area contributed by atoms with E-state index in [4.69, 9.17) is 4.42 Å². The van der Waals surface area contributed by atoms with E-state index in [1.54, 1.807) is 30.3 Å². The Balaban J connectivity index is 1.99. The Morgan fingerprint density at radius 2 is 1.83 bits per heavy atom. The van der Waals surface area contributed by atoms with E-state index >= 15 is 0 Å². The van der Waals surface area contributed by atoms with Gasteiger partial charge >= 0.3 is 0 Å². The molecule has 1 unspecified atom stereocenters. The van der Waals surface area contributed by atoms with E-state index in [9.17, 15) is 14.7 Å². The Morgan fingerprint density at radius 3 is 2.57 bits per heavy atom. The third kappa shape index (κ3) is 2.14. The van der Waals surface area contributed by atoms with Gasteiger partial charge in [-0.2, -0.15) is 0 Å². The normalized spacial score (nSPS) is 16.4. The summed E-state index contributed by atoms with van der Waals surface area (Å²) in [5.74, 6) is -0.254.